The van der Waals surface area contributed by atoms with E-state index >= 15 is 0 Å². The van der Waals surface area contributed by atoms with Crippen molar-refractivity contribution in [3.8, 4) is 5.75 Å². The molecule has 40 heavy (non-hydrogen) atoms. The quantitative estimate of drug-likeness (QED) is 0.247. The number of non-ortho nitro benzene ring substituents is 1. The lowest BCUT2D eigenvalue weighted by atomic mass is 10.0. The van der Waals surface area contributed by atoms with Gasteiger partial charge < -0.3 is 15.0 Å². The first-order valence-corrected chi connectivity index (χ1v) is 14.3. The molecular weight excluding hydrogens is 536 g/mol. The summed E-state index contributed by atoms with van der Waals surface area (Å²) in [4.78, 5) is 39.3. The largest absolute Gasteiger partial charge is 0.497 e. The van der Waals surface area contributed by atoms with E-state index in [9.17, 15) is 28.1 Å². The van der Waals surface area contributed by atoms with Gasteiger partial charge in [-0.3, -0.25) is 24.0 Å². The first-order valence-electron chi connectivity index (χ1n) is 12.5. The standard InChI is InChI=1S/C28H32N4O7S/c1-4-29-28(34)26(17-21-10-6-5-7-11-21)30(19-22-12-8-15-25(16-22)39-2)27(33)20-31(40(3,37)38)23-13-9-14-24(18-23)32(35)36/h5-16,18,26H,4,17,19-20H2,1-3H3,(H,29,34)/t26-/m0/s1. The van der Waals surface area contributed by atoms with Crippen LogP contribution in [0.25, 0.3) is 0 Å². The second kappa shape index (κ2) is 13.6. The molecule has 1 atom stereocenters. The molecule has 2 amide bonds. The number of benzene rings is 3. The lowest BCUT2D eigenvalue weighted by Crippen LogP contribution is -2.53. The molecule has 0 saturated carbocycles. The van der Waals surface area contributed by atoms with Crippen LogP contribution in [0.4, 0.5) is 11.4 Å². The average molecular weight is 569 g/mol. The van der Waals surface area contributed by atoms with Gasteiger partial charge in [0, 0.05) is 31.6 Å². The number of amides is 2. The number of carbonyl (C=O) groups excluding carboxylic acids is 2. The molecule has 3 rings (SSSR count). The zero-order chi connectivity index (χ0) is 29.3. The second-order valence-electron chi connectivity index (χ2n) is 9.02. The maximum Gasteiger partial charge on any atom is 0.271 e. The van der Waals surface area contributed by atoms with Crippen LogP contribution in [0.3, 0.4) is 0 Å². The number of methoxy groups -OCH3 is 1. The van der Waals surface area contributed by atoms with E-state index in [1.165, 1.54) is 30.2 Å². The molecule has 0 unspecified atom stereocenters. The number of rotatable bonds is 13. The number of hydrogen-bond donors (Lipinski definition) is 1. The fourth-order valence-corrected chi connectivity index (χ4v) is 5.03. The summed E-state index contributed by atoms with van der Waals surface area (Å²) in [6.45, 7) is 1.40. The molecule has 12 heteroatoms. The summed E-state index contributed by atoms with van der Waals surface area (Å²) in [5, 5.41) is 14.1. The summed E-state index contributed by atoms with van der Waals surface area (Å²) in [5.41, 5.74) is 1.11. The summed E-state index contributed by atoms with van der Waals surface area (Å²) < 4.78 is 31.7. The Kier molecular flexibility index (Phi) is 10.2. The lowest BCUT2D eigenvalue weighted by Gasteiger charge is -2.33. The third kappa shape index (κ3) is 8.03. The highest BCUT2D eigenvalue weighted by Crippen LogP contribution is 2.24. The van der Waals surface area contributed by atoms with Crippen LogP contribution in [0.15, 0.2) is 78.9 Å². The van der Waals surface area contributed by atoms with Crippen molar-refractivity contribution in [2.75, 3.05) is 30.8 Å². The Morgan fingerprint density at radius 2 is 1.68 bits per heavy atom. The molecular formula is C28H32N4O7S. The van der Waals surface area contributed by atoms with Gasteiger partial charge in [0.2, 0.25) is 21.8 Å². The number of sulfonamides is 1. The van der Waals surface area contributed by atoms with Gasteiger partial charge >= 0.3 is 0 Å². The van der Waals surface area contributed by atoms with Gasteiger partial charge in [0.05, 0.1) is 24.0 Å². The summed E-state index contributed by atoms with van der Waals surface area (Å²) in [6.07, 6.45) is 1.09. The normalized spacial score (nSPS) is 11.8. The first kappa shape index (κ1) is 30.1. The van der Waals surface area contributed by atoms with Crippen molar-refractivity contribution in [1.29, 1.82) is 0 Å². The predicted octanol–water partition coefficient (Wildman–Crippen LogP) is 3.15. The van der Waals surface area contributed by atoms with E-state index in [1.54, 1.807) is 31.2 Å². The predicted molar refractivity (Wildman–Crippen MR) is 151 cm³/mol. The Balaban J connectivity index is 2.07. The summed E-state index contributed by atoms with van der Waals surface area (Å²) in [6, 6.07) is 20.2. The van der Waals surface area contributed by atoms with E-state index in [-0.39, 0.29) is 24.3 Å². The molecule has 0 aliphatic carbocycles. The van der Waals surface area contributed by atoms with Gasteiger partial charge in [-0.1, -0.05) is 48.5 Å². The number of likely N-dealkylation sites (N-methyl/N-ethyl adjacent to an activating group) is 1. The topological polar surface area (TPSA) is 139 Å². The number of nitro groups is 1. The molecule has 212 valence electrons. The Bertz CT molecular complexity index is 1450. The van der Waals surface area contributed by atoms with Gasteiger partial charge in [0.15, 0.2) is 0 Å². The summed E-state index contributed by atoms with van der Waals surface area (Å²) >= 11 is 0. The van der Waals surface area contributed by atoms with Crippen molar-refractivity contribution >= 4 is 33.2 Å². The molecule has 1 N–H and O–H groups in total. The minimum Gasteiger partial charge on any atom is -0.497 e. The number of hydrogen-bond acceptors (Lipinski definition) is 7. The molecule has 0 radical (unpaired) electrons. The molecule has 0 saturated heterocycles. The maximum absolute atomic E-state index is 14.0. The minimum atomic E-state index is -4.04. The molecule has 0 bridgehead atoms. The fraction of sp³-hybridized carbons (Fsp3) is 0.286. The highest BCUT2D eigenvalue weighted by Gasteiger charge is 2.33. The maximum atomic E-state index is 14.0. The van der Waals surface area contributed by atoms with Crippen LogP contribution >= 0.6 is 0 Å². The third-order valence-corrected chi connectivity index (χ3v) is 7.26. The van der Waals surface area contributed by atoms with Crippen molar-refractivity contribution in [2.24, 2.45) is 0 Å². The summed E-state index contributed by atoms with van der Waals surface area (Å²) in [7, 11) is -2.53. The SMILES string of the molecule is CCNC(=O)[C@H](Cc1ccccc1)N(Cc1cccc(OC)c1)C(=O)CN(c1cccc([N+](=O)[O-])c1)S(C)(=O)=O. The van der Waals surface area contributed by atoms with Gasteiger partial charge in [-0.25, -0.2) is 8.42 Å². The van der Waals surface area contributed by atoms with Crippen molar-refractivity contribution < 1.29 is 27.7 Å². The van der Waals surface area contributed by atoms with Crippen LogP contribution in [0.2, 0.25) is 0 Å². The Labute approximate surface area is 233 Å². The van der Waals surface area contributed by atoms with Crippen LogP contribution in [-0.4, -0.2) is 62.6 Å². The van der Waals surface area contributed by atoms with Crippen LogP contribution in [-0.2, 0) is 32.6 Å². The number of ether oxygens (including phenoxy) is 1. The van der Waals surface area contributed by atoms with E-state index in [0.29, 0.717) is 17.9 Å². The van der Waals surface area contributed by atoms with Crippen LogP contribution < -0.4 is 14.4 Å². The van der Waals surface area contributed by atoms with Gasteiger partial charge in [0.25, 0.3) is 5.69 Å². The lowest BCUT2D eigenvalue weighted by molar-refractivity contribution is -0.384. The number of anilines is 1. The minimum absolute atomic E-state index is 0.0167. The molecule has 0 spiro atoms. The molecule has 0 aromatic heterocycles. The van der Waals surface area contributed by atoms with Gasteiger partial charge in [0.1, 0.15) is 18.3 Å². The number of carbonyl (C=O) groups is 2. The van der Waals surface area contributed by atoms with Gasteiger partial charge in [-0.05, 0) is 36.2 Å². The van der Waals surface area contributed by atoms with E-state index < -0.39 is 39.3 Å². The summed E-state index contributed by atoms with van der Waals surface area (Å²) in [5.74, 6) is -0.507. The van der Waals surface area contributed by atoms with Crippen LogP contribution in [0.5, 0.6) is 5.75 Å². The van der Waals surface area contributed by atoms with Crippen molar-refractivity contribution in [2.45, 2.75) is 25.9 Å². The zero-order valence-corrected chi connectivity index (χ0v) is 23.3. The molecule has 3 aromatic rings. The smallest absolute Gasteiger partial charge is 0.271 e. The van der Waals surface area contributed by atoms with Crippen LogP contribution in [0, 0.1) is 10.1 Å². The molecule has 0 aliphatic heterocycles. The Morgan fingerprint density at radius 1 is 1.00 bits per heavy atom. The third-order valence-electron chi connectivity index (χ3n) is 6.12. The fourth-order valence-electron chi connectivity index (χ4n) is 4.19. The molecule has 0 aliphatic rings. The van der Waals surface area contributed by atoms with Crippen molar-refractivity contribution in [3.05, 3.63) is 100 Å². The van der Waals surface area contributed by atoms with E-state index in [0.717, 1.165) is 22.2 Å². The van der Waals surface area contributed by atoms with E-state index in [2.05, 4.69) is 5.32 Å². The molecule has 0 fully saturated rings. The number of nitrogens with zero attached hydrogens (tertiary/aromatic N) is 3. The van der Waals surface area contributed by atoms with Gasteiger partial charge in [-0.2, -0.15) is 0 Å². The van der Waals surface area contributed by atoms with E-state index in [4.69, 9.17) is 4.74 Å². The zero-order valence-electron chi connectivity index (χ0n) is 22.5. The van der Waals surface area contributed by atoms with Crippen molar-refractivity contribution in [1.82, 2.24) is 10.2 Å². The monoisotopic (exact) mass is 568 g/mol. The Morgan fingerprint density at radius 3 is 2.30 bits per heavy atom. The molecule has 3 aromatic carbocycles. The number of nitro benzene ring substituents is 1. The highest BCUT2D eigenvalue weighted by molar-refractivity contribution is 7.92. The van der Waals surface area contributed by atoms with Crippen molar-refractivity contribution in [3.63, 3.8) is 0 Å². The highest BCUT2D eigenvalue weighted by atomic mass is 32.2. The molecule has 11 nitrogen and oxygen atoms in total. The van der Waals surface area contributed by atoms with Gasteiger partial charge in [-0.15, -0.1) is 0 Å². The van der Waals surface area contributed by atoms with E-state index in [1.807, 2.05) is 30.3 Å². The first-order chi connectivity index (χ1) is 19.0. The average Bonchev–Trinajstić information content (AvgIpc) is 2.93. The molecule has 0 heterocycles. The number of nitrogens with one attached hydrogen (secondary N) is 1. The second-order valence-corrected chi connectivity index (χ2v) is 10.9. The Hall–Kier alpha value is -4.45. The van der Waals surface area contributed by atoms with Crippen LogP contribution in [0.1, 0.15) is 18.1 Å².